The molecular formula is C11H18N2O2. The van der Waals surface area contributed by atoms with E-state index in [-0.39, 0.29) is 11.9 Å². The first-order chi connectivity index (χ1) is 7.00. The fourth-order valence-corrected chi connectivity index (χ4v) is 1.09. The lowest BCUT2D eigenvalue weighted by molar-refractivity contribution is 0.0920. The summed E-state index contributed by atoms with van der Waals surface area (Å²) in [7, 11) is 0. The van der Waals surface area contributed by atoms with Gasteiger partial charge in [-0.3, -0.25) is 4.79 Å². The van der Waals surface area contributed by atoms with Gasteiger partial charge in [-0.2, -0.15) is 0 Å². The van der Waals surface area contributed by atoms with Crippen molar-refractivity contribution in [2.75, 3.05) is 6.54 Å². The van der Waals surface area contributed by atoms with Gasteiger partial charge < -0.3 is 15.5 Å². The van der Waals surface area contributed by atoms with Crippen molar-refractivity contribution in [2.45, 2.75) is 26.8 Å². The maximum Gasteiger partial charge on any atom is 0.287 e. The van der Waals surface area contributed by atoms with Gasteiger partial charge in [0.1, 0.15) is 5.76 Å². The minimum absolute atomic E-state index is 0.0231. The molecule has 4 heteroatoms. The number of hydrogen-bond acceptors (Lipinski definition) is 3. The van der Waals surface area contributed by atoms with E-state index in [0.717, 1.165) is 5.76 Å². The summed E-state index contributed by atoms with van der Waals surface area (Å²) in [5, 5.41) is 2.74. The molecule has 3 N–H and O–H groups in total. The fraction of sp³-hybridized carbons (Fsp3) is 0.545. The van der Waals surface area contributed by atoms with Crippen molar-refractivity contribution in [1.29, 1.82) is 0 Å². The Morgan fingerprint density at radius 2 is 2.20 bits per heavy atom. The third kappa shape index (κ3) is 3.40. The highest BCUT2D eigenvalue weighted by Gasteiger charge is 2.12. The molecule has 1 amide bonds. The number of carbonyl (C=O) groups excluding carboxylic acids is 1. The topological polar surface area (TPSA) is 68.3 Å². The van der Waals surface area contributed by atoms with Crippen molar-refractivity contribution in [1.82, 2.24) is 5.32 Å². The average molecular weight is 210 g/mol. The number of carbonyl (C=O) groups is 1. The zero-order valence-corrected chi connectivity index (χ0v) is 9.41. The molecular weight excluding hydrogens is 192 g/mol. The van der Waals surface area contributed by atoms with E-state index in [4.69, 9.17) is 10.2 Å². The summed E-state index contributed by atoms with van der Waals surface area (Å²) < 4.78 is 5.19. The molecule has 0 saturated heterocycles. The van der Waals surface area contributed by atoms with Crippen LogP contribution in [0.5, 0.6) is 0 Å². The van der Waals surface area contributed by atoms with Crippen LogP contribution in [-0.4, -0.2) is 18.5 Å². The standard InChI is InChI=1S/C11H18N2O2/c1-7(2)9(12)6-13-11(14)10-5-4-8(3)15-10/h4-5,7,9H,6,12H2,1-3H3,(H,13,14). The van der Waals surface area contributed by atoms with Gasteiger partial charge in [-0.05, 0) is 25.0 Å². The second-order valence-electron chi connectivity index (χ2n) is 4.03. The van der Waals surface area contributed by atoms with Gasteiger partial charge in [-0.25, -0.2) is 0 Å². The van der Waals surface area contributed by atoms with Crippen molar-refractivity contribution in [2.24, 2.45) is 11.7 Å². The summed E-state index contributed by atoms with van der Waals surface area (Å²) in [6.07, 6.45) is 0. The Morgan fingerprint density at radius 3 is 2.67 bits per heavy atom. The fourth-order valence-electron chi connectivity index (χ4n) is 1.09. The van der Waals surface area contributed by atoms with Gasteiger partial charge in [0.15, 0.2) is 5.76 Å². The van der Waals surface area contributed by atoms with Crippen LogP contribution in [0.4, 0.5) is 0 Å². The molecule has 1 rings (SSSR count). The number of hydrogen-bond donors (Lipinski definition) is 2. The molecule has 1 aromatic heterocycles. The number of furan rings is 1. The molecule has 0 aliphatic rings. The van der Waals surface area contributed by atoms with E-state index in [1.54, 1.807) is 19.1 Å². The van der Waals surface area contributed by atoms with E-state index >= 15 is 0 Å². The number of nitrogens with one attached hydrogen (secondary N) is 1. The number of aryl methyl sites for hydroxylation is 1. The van der Waals surface area contributed by atoms with E-state index in [9.17, 15) is 4.79 Å². The molecule has 4 nitrogen and oxygen atoms in total. The van der Waals surface area contributed by atoms with Crippen LogP contribution >= 0.6 is 0 Å². The van der Waals surface area contributed by atoms with Crippen molar-refractivity contribution in [3.05, 3.63) is 23.7 Å². The predicted octanol–water partition coefficient (Wildman–Crippen LogP) is 1.30. The molecule has 15 heavy (non-hydrogen) atoms. The first kappa shape index (κ1) is 11.8. The van der Waals surface area contributed by atoms with E-state index < -0.39 is 0 Å². The van der Waals surface area contributed by atoms with Crippen molar-refractivity contribution < 1.29 is 9.21 Å². The summed E-state index contributed by atoms with van der Waals surface area (Å²) in [5.41, 5.74) is 5.80. The normalized spacial score (nSPS) is 12.9. The van der Waals surface area contributed by atoms with Crippen molar-refractivity contribution >= 4 is 5.91 Å². The second kappa shape index (κ2) is 4.98. The van der Waals surface area contributed by atoms with Gasteiger partial charge in [0.25, 0.3) is 5.91 Å². The lowest BCUT2D eigenvalue weighted by atomic mass is 10.1. The third-order valence-corrected chi connectivity index (χ3v) is 2.32. The highest BCUT2D eigenvalue weighted by Crippen LogP contribution is 2.05. The minimum atomic E-state index is -0.209. The predicted molar refractivity (Wildman–Crippen MR) is 58.6 cm³/mol. The first-order valence-electron chi connectivity index (χ1n) is 5.11. The van der Waals surface area contributed by atoms with Crippen LogP contribution in [0.2, 0.25) is 0 Å². The third-order valence-electron chi connectivity index (χ3n) is 2.32. The molecule has 0 aliphatic heterocycles. The Bertz CT molecular complexity index is 331. The van der Waals surface area contributed by atoms with Gasteiger partial charge in [0.2, 0.25) is 0 Å². The Labute approximate surface area is 89.8 Å². The lowest BCUT2D eigenvalue weighted by Crippen LogP contribution is -2.40. The maximum absolute atomic E-state index is 11.5. The van der Waals surface area contributed by atoms with E-state index in [1.165, 1.54) is 0 Å². The lowest BCUT2D eigenvalue weighted by Gasteiger charge is -2.15. The molecule has 0 spiro atoms. The Hall–Kier alpha value is -1.29. The van der Waals surface area contributed by atoms with Gasteiger partial charge >= 0.3 is 0 Å². The number of rotatable bonds is 4. The van der Waals surface area contributed by atoms with Crippen LogP contribution < -0.4 is 11.1 Å². The Morgan fingerprint density at radius 1 is 1.53 bits per heavy atom. The molecule has 1 unspecified atom stereocenters. The molecule has 0 aromatic carbocycles. The maximum atomic E-state index is 11.5. The molecule has 0 aliphatic carbocycles. The highest BCUT2D eigenvalue weighted by molar-refractivity contribution is 5.91. The molecule has 0 saturated carbocycles. The first-order valence-corrected chi connectivity index (χ1v) is 5.11. The Balaban J connectivity index is 2.43. The molecule has 0 radical (unpaired) electrons. The zero-order chi connectivity index (χ0) is 11.4. The van der Waals surface area contributed by atoms with E-state index in [2.05, 4.69) is 5.32 Å². The van der Waals surface area contributed by atoms with Crippen LogP contribution in [0.15, 0.2) is 16.5 Å². The van der Waals surface area contributed by atoms with Crippen molar-refractivity contribution in [3.8, 4) is 0 Å². The van der Waals surface area contributed by atoms with Crippen LogP contribution in [0.1, 0.15) is 30.2 Å². The van der Waals surface area contributed by atoms with Crippen LogP contribution in [0.25, 0.3) is 0 Å². The SMILES string of the molecule is Cc1ccc(C(=O)NCC(N)C(C)C)o1. The summed E-state index contributed by atoms with van der Waals surface area (Å²) >= 11 is 0. The van der Waals surface area contributed by atoms with E-state index in [0.29, 0.717) is 18.2 Å². The van der Waals surface area contributed by atoms with Gasteiger partial charge in [0, 0.05) is 12.6 Å². The second-order valence-corrected chi connectivity index (χ2v) is 4.03. The number of nitrogens with two attached hydrogens (primary N) is 1. The Kier molecular flexibility index (Phi) is 3.91. The molecule has 0 fully saturated rings. The van der Waals surface area contributed by atoms with Gasteiger partial charge in [-0.1, -0.05) is 13.8 Å². The summed E-state index contributed by atoms with van der Waals surface area (Å²) in [4.78, 5) is 11.5. The zero-order valence-electron chi connectivity index (χ0n) is 9.41. The summed E-state index contributed by atoms with van der Waals surface area (Å²) in [6.45, 7) is 6.31. The van der Waals surface area contributed by atoms with E-state index in [1.807, 2.05) is 13.8 Å². The van der Waals surface area contributed by atoms with Crippen molar-refractivity contribution in [3.63, 3.8) is 0 Å². The average Bonchev–Trinajstić information content (AvgIpc) is 2.60. The van der Waals surface area contributed by atoms with Gasteiger partial charge in [0.05, 0.1) is 0 Å². The molecule has 1 aromatic rings. The van der Waals surface area contributed by atoms with Crippen LogP contribution in [0.3, 0.4) is 0 Å². The summed E-state index contributed by atoms with van der Waals surface area (Å²) in [6, 6.07) is 3.40. The quantitative estimate of drug-likeness (QED) is 0.787. The molecule has 0 bridgehead atoms. The monoisotopic (exact) mass is 210 g/mol. The largest absolute Gasteiger partial charge is 0.456 e. The summed E-state index contributed by atoms with van der Waals surface area (Å²) in [5.74, 6) is 1.21. The number of amides is 1. The minimum Gasteiger partial charge on any atom is -0.456 e. The van der Waals surface area contributed by atoms with Crippen LogP contribution in [0, 0.1) is 12.8 Å². The smallest absolute Gasteiger partial charge is 0.287 e. The molecule has 1 atom stereocenters. The molecule has 1 heterocycles. The highest BCUT2D eigenvalue weighted by atomic mass is 16.3. The van der Waals surface area contributed by atoms with Gasteiger partial charge in [-0.15, -0.1) is 0 Å². The van der Waals surface area contributed by atoms with Crippen LogP contribution in [-0.2, 0) is 0 Å². The molecule has 84 valence electrons.